The summed E-state index contributed by atoms with van der Waals surface area (Å²) in [6.07, 6.45) is 7.61. The van der Waals surface area contributed by atoms with Crippen molar-refractivity contribution in [1.82, 2.24) is 14.5 Å². The van der Waals surface area contributed by atoms with E-state index in [1.807, 2.05) is 60.2 Å². The van der Waals surface area contributed by atoms with Crippen LogP contribution in [0.3, 0.4) is 0 Å². The van der Waals surface area contributed by atoms with Gasteiger partial charge in [-0.2, -0.15) is 0 Å². The molecule has 3 aromatic rings. The Morgan fingerprint density at radius 2 is 2.04 bits per heavy atom. The second-order valence-electron chi connectivity index (χ2n) is 5.24. The van der Waals surface area contributed by atoms with E-state index >= 15 is 0 Å². The topological polar surface area (TPSA) is 59.8 Å². The normalized spacial score (nSPS) is 11.9. The summed E-state index contributed by atoms with van der Waals surface area (Å²) < 4.78 is 1.81. The lowest BCUT2D eigenvalue weighted by Crippen LogP contribution is -2.20. The van der Waals surface area contributed by atoms with Gasteiger partial charge in [0.25, 0.3) is 0 Å². The first kappa shape index (κ1) is 15.0. The molecule has 0 aliphatic carbocycles. The molecule has 2 aromatic heterocycles. The van der Waals surface area contributed by atoms with E-state index in [-0.39, 0.29) is 11.8 Å². The Labute approximate surface area is 135 Å². The van der Waals surface area contributed by atoms with E-state index in [1.165, 1.54) is 0 Å². The number of amides is 1. The van der Waals surface area contributed by atoms with Crippen LogP contribution >= 0.6 is 0 Å². The van der Waals surface area contributed by atoms with Gasteiger partial charge in [-0.05, 0) is 24.1 Å². The van der Waals surface area contributed by atoms with Gasteiger partial charge in [-0.15, -0.1) is 0 Å². The number of benzene rings is 1. The number of rotatable bonds is 5. The van der Waals surface area contributed by atoms with Gasteiger partial charge in [0.15, 0.2) is 0 Å². The van der Waals surface area contributed by atoms with Gasteiger partial charge < -0.3 is 5.32 Å². The Balaban J connectivity index is 1.72. The first-order valence-electron chi connectivity index (χ1n) is 7.58. The molecule has 5 heteroatoms. The van der Waals surface area contributed by atoms with Crippen LogP contribution in [0.15, 0.2) is 67.4 Å². The molecule has 0 aliphatic rings. The smallest absolute Gasteiger partial charge is 0.231 e. The van der Waals surface area contributed by atoms with Crippen LogP contribution in [0.1, 0.15) is 24.8 Å². The molecule has 1 unspecified atom stereocenters. The number of pyridine rings is 1. The maximum absolute atomic E-state index is 12.5. The SMILES string of the molecule is CCC(C(=O)Nc1ccc(-n2ccnc2)nc1)c1ccccc1. The molecule has 0 bridgehead atoms. The lowest BCUT2D eigenvalue weighted by atomic mass is 9.95. The first-order valence-corrected chi connectivity index (χ1v) is 7.58. The van der Waals surface area contributed by atoms with Crippen molar-refractivity contribution in [3.05, 3.63) is 72.9 Å². The third-order valence-corrected chi connectivity index (χ3v) is 3.71. The molecule has 2 heterocycles. The Kier molecular flexibility index (Phi) is 4.47. The minimum absolute atomic E-state index is 0.0177. The fourth-order valence-corrected chi connectivity index (χ4v) is 2.49. The quantitative estimate of drug-likeness (QED) is 0.786. The van der Waals surface area contributed by atoms with Gasteiger partial charge in [-0.3, -0.25) is 9.36 Å². The van der Waals surface area contributed by atoms with Gasteiger partial charge in [0, 0.05) is 12.4 Å². The summed E-state index contributed by atoms with van der Waals surface area (Å²) in [5.74, 6) is 0.580. The molecule has 0 spiro atoms. The standard InChI is InChI=1S/C18H18N4O/c1-2-16(14-6-4-3-5-7-14)18(23)21-15-8-9-17(20-12-15)22-11-10-19-13-22/h3-13,16H,2H2,1H3,(H,21,23). The number of nitrogens with one attached hydrogen (secondary N) is 1. The molecular weight excluding hydrogens is 288 g/mol. The molecule has 116 valence electrons. The molecule has 0 saturated carbocycles. The van der Waals surface area contributed by atoms with Crippen LogP contribution in [0.25, 0.3) is 5.82 Å². The van der Waals surface area contributed by atoms with Crippen LogP contribution in [0, 0.1) is 0 Å². The molecule has 1 N–H and O–H groups in total. The van der Waals surface area contributed by atoms with E-state index in [0.29, 0.717) is 5.69 Å². The van der Waals surface area contributed by atoms with Crippen LogP contribution in [-0.4, -0.2) is 20.4 Å². The van der Waals surface area contributed by atoms with Gasteiger partial charge in [-0.1, -0.05) is 37.3 Å². The van der Waals surface area contributed by atoms with Gasteiger partial charge in [-0.25, -0.2) is 9.97 Å². The van der Waals surface area contributed by atoms with Crippen LogP contribution in [0.5, 0.6) is 0 Å². The van der Waals surface area contributed by atoms with Crippen molar-refractivity contribution < 1.29 is 4.79 Å². The van der Waals surface area contributed by atoms with Gasteiger partial charge in [0.2, 0.25) is 5.91 Å². The number of carbonyl (C=O) groups excluding carboxylic acids is 1. The van der Waals surface area contributed by atoms with E-state index < -0.39 is 0 Å². The second-order valence-corrected chi connectivity index (χ2v) is 5.24. The summed E-state index contributed by atoms with van der Waals surface area (Å²) in [6.45, 7) is 2.01. The summed E-state index contributed by atoms with van der Waals surface area (Å²) in [4.78, 5) is 20.8. The number of anilines is 1. The highest BCUT2D eigenvalue weighted by Crippen LogP contribution is 2.21. The summed E-state index contributed by atoms with van der Waals surface area (Å²) in [5, 5.41) is 2.94. The molecule has 0 fully saturated rings. The third kappa shape index (κ3) is 3.45. The van der Waals surface area contributed by atoms with E-state index in [1.54, 1.807) is 18.7 Å². The monoisotopic (exact) mass is 306 g/mol. The highest BCUT2D eigenvalue weighted by molar-refractivity contribution is 5.95. The van der Waals surface area contributed by atoms with Crippen molar-refractivity contribution in [2.75, 3.05) is 5.32 Å². The van der Waals surface area contributed by atoms with Gasteiger partial charge in [0.1, 0.15) is 12.1 Å². The Hall–Kier alpha value is -2.95. The minimum atomic E-state index is -0.162. The Bertz CT molecular complexity index is 751. The molecular formula is C18H18N4O. The summed E-state index contributed by atoms with van der Waals surface area (Å²) in [7, 11) is 0. The molecule has 0 saturated heterocycles. The van der Waals surface area contributed by atoms with Crippen LogP contribution in [0.2, 0.25) is 0 Å². The van der Waals surface area contributed by atoms with Gasteiger partial charge in [0.05, 0.1) is 17.8 Å². The van der Waals surface area contributed by atoms with E-state index in [2.05, 4.69) is 15.3 Å². The van der Waals surface area contributed by atoms with Crippen molar-refractivity contribution in [3.8, 4) is 5.82 Å². The lowest BCUT2D eigenvalue weighted by molar-refractivity contribution is -0.117. The minimum Gasteiger partial charge on any atom is -0.324 e. The van der Waals surface area contributed by atoms with Crippen LogP contribution in [0.4, 0.5) is 5.69 Å². The number of aromatic nitrogens is 3. The summed E-state index contributed by atoms with van der Waals surface area (Å²) in [5.41, 5.74) is 1.71. The number of nitrogens with zero attached hydrogens (tertiary/aromatic N) is 3. The van der Waals surface area contributed by atoms with Crippen molar-refractivity contribution in [1.29, 1.82) is 0 Å². The number of hydrogen-bond donors (Lipinski definition) is 1. The fourth-order valence-electron chi connectivity index (χ4n) is 2.49. The third-order valence-electron chi connectivity index (χ3n) is 3.71. The molecule has 0 radical (unpaired) electrons. The molecule has 1 aromatic carbocycles. The zero-order valence-electron chi connectivity index (χ0n) is 12.9. The van der Waals surface area contributed by atoms with Crippen LogP contribution < -0.4 is 5.32 Å². The second kappa shape index (κ2) is 6.87. The molecule has 1 atom stereocenters. The van der Waals surface area contributed by atoms with E-state index in [0.717, 1.165) is 17.8 Å². The predicted molar refractivity (Wildman–Crippen MR) is 89.5 cm³/mol. The number of imidazole rings is 1. The van der Waals surface area contributed by atoms with Crippen molar-refractivity contribution >= 4 is 11.6 Å². The summed E-state index contributed by atoms with van der Waals surface area (Å²) >= 11 is 0. The van der Waals surface area contributed by atoms with Gasteiger partial charge >= 0.3 is 0 Å². The molecule has 0 aliphatic heterocycles. The largest absolute Gasteiger partial charge is 0.324 e. The first-order chi connectivity index (χ1) is 11.3. The maximum atomic E-state index is 12.5. The lowest BCUT2D eigenvalue weighted by Gasteiger charge is -2.15. The molecule has 23 heavy (non-hydrogen) atoms. The zero-order valence-corrected chi connectivity index (χ0v) is 12.9. The highest BCUT2D eigenvalue weighted by Gasteiger charge is 2.18. The van der Waals surface area contributed by atoms with E-state index in [4.69, 9.17) is 0 Å². The van der Waals surface area contributed by atoms with Crippen LogP contribution in [-0.2, 0) is 4.79 Å². The maximum Gasteiger partial charge on any atom is 0.231 e. The number of carbonyl (C=O) groups is 1. The fraction of sp³-hybridized carbons (Fsp3) is 0.167. The van der Waals surface area contributed by atoms with E-state index in [9.17, 15) is 4.79 Å². The van der Waals surface area contributed by atoms with Crippen molar-refractivity contribution in [3.63, 3.8) is 0 Å². The Morgan fingerprint density at radius 3 is 2.65 bits per heavy atom. The average Bonchev–Trinajstić information content (AvgIpc) is 3.12. The van der Waals surface area contributed by atoms with Crippen molar-refractivity contribution in [2.24, 2.45) is 0 Å². The van der Waals surface area contributed by atoms with Crippen molar-refractivity contribution in [2.45, 2.75) is 19.3 Å². The predicted octanol–water partition coefficient (Wildman–Crippen LogP) is 3.40. The zero-order chi connectivity index (χ0) is 16.1. The molecule has 3 rings (SSSR count). The highest BCUT2D eigenvalue weighted by atomic mass is 16.1. The average molecular weight is 306 g/mol. The summed E-state index contributed by atoms with van der Waals surface area (Å²) in [6, 6.07) is 13.5. The Morgan fingerprint density at radius 1 is 1.22 bits per heavy atom. The molecule has 1 amide bonds. The number of hydrogen-bond acceptors (Lipinski definition) is 3. The molecule has 5 nitrogen and oxygen atoms in total.